The number of amides is 2. The van der Waals surface area contributed by atoms with Crippen LogP contribution in [0, 0.1) is 5.92 Å². The molecule has 0 saturated carbocycles. The topological polar surface area (TPSA) is 71.1 Å². The van der Waals surface area contributed by atoms with E-state index in [1.54, 1.807) is 12.1 Å². The molecule has 0 saturated heterocycles. The van der Waals surface area contributed by atoms with Crippen molar-refractivity contribution in [2.45, 2.75) is 13.8 Å². The van der Waals surface area contributed by atoms with Crippen molar-refractivity contribution >= 4 is 23.4 Å². The van der Waals surface area contributed by atoms with Crippen LogP contribution in [0.2, 0.25) is 5.15 Å². The fourth-order valence-corrected chi connectivity index (χ4v) is 1.40. The Labute approximate surface area is 111 Å². The molecule has 98 valence electrons. The predicted molar refractivity (Wildman–Crippen MR) is 69.4 cm³/mol. The van der Waals surface area contributed by atoms with E-state index in [1.807, 2.05) is 13.8 Å². The van der Waals surface area contributed by atoms with Crippen molar-refractivity contribution in [3.05, 3.63) is 29.0 Å². The normalized spacial score (nSPS) is 10.2. The summed E-state index contributed by atoms with van der Waals surface area (Å²) in [5.41, 5.74) is 0.260. The van der Waals surface area contributed by atoms with Gasteiger partial charge in [-0.3, -0.25) is 9.59 Å². The van der Waals surface area contributed by atoms with Crippen molar-refractivity contribution < 1.29 is 9.59 Å². The van der Waals surface area contributed by atoms with E-state index < -0.39 is 5.91 Å². The number of carbonyl (C=O) groups is 2. The highest BCUT2D eigenvalue weighted by Crippen LogP contribution is 2.10. The van der Waals surface area contributed by atoms with E-state index in [-0.39, 0.29) is 23.2 Å². The predicted octanol–water partition coefficient (Wildman–Crippen LogP) is 1.24. The number of pyridine rings is 1. The molecule has 1 aromatic heterocycles. The van der Waals surface area contributed by atoms with E-state index in [0.717, 1.165) is 0 Å². The van der Waals surface area contributed by atoms with Crippen molar-refractivity contribution in [1.82, 2.24) is 15.6 Å². The first-order chi connectivity index (χ1) is 8.50. The molecule has 0 radical (unpaired) electrons. The van der Waals surface area contributed by atoms with Gasteiger partial charge in [0.25, 0.3) is 5.91 Å². The molecular weight excluding hydrogens is 254 g/mol. The first-order valence-electron chi connectivity index (χ1n) is 5.66. The molecule has 5 nitrogen and oxygen atoms in total. The smallest absolute Gasteiger partial charge is 0.254 e. The van der Waals surface area contributed by atoms with Gasteiger partial charge in [-0.2, -0.15) is 0 Å². The Kier molecular flexibility index (Phi) is 5.58. The number of carbonyl (C=O) groups excluding carboxylic acids is 2. The molecule has 0 aliphatic heterocycles. The van der Waals surface area contributed by atoms with E-state index >= 15 is 0 Å². The number of hydrogen-bond donors (Lipinski definition) is 2. The van der Waals surface area contributed by atoms with Crippen LogP contribution in [0.3, 0.4) is 0 Å². The summed E-state index contributed by atoms with van der Waals surface area (Å²) in [6, 6.07) is 3.16. The maximum Gasteiger partial charge on any atom is 0.254 e. The molecule has 18 heavy (non-hydrogen) atoms. The Morgan fingerprint density at radius 1 is 1.39 bits per heavy atom. The summed E-state index contributed by atoms with van der Waals surface area (Å²) in [7, 11) is 0. The fourth-order valence-electron chi connectivity index (χ4n) is 1.19. The zero-order chi connectivity index (χ0) is 13.5. The maximum absolute atomic E-state index is 11.7. The average molecular weight is 270 g/mol. The maximum atomic E-state index is 11.7. The van der Waals surface area contributed by atoms with Gasteiger partial charge in [-0.15, -0.1) is 0 Å². The molecule has 0 fully saturated rings. The first-order valence-corrected chi connectivity index (χ1v) is 6.04. The van der Waals surface area contributed by atoms with E-state index in [4.69, 9.17) is 11.6 Å². The molecule has 1 rings (SSSR count). The molecule has 0 bridgehead atoms. The second-order valence-corrected chi connectivity index (χ2v) is 4.58. The second-order valence-electron chi connectivity index (χ2n) is 4.22. The van der Waals surface area contributed by atoms with E-state index in [2.05, 4.69) is 15.6 Å². The summed E-state index contributed by atoms with van der Waals surface area (Å²) in [4.78, 5) is 26.9. The highest BCUT2D eigenvalue weighted by Gasteiger charge is 2.11. The molecule has 1 heterocycles. The Morgan fingerprint density at radius 2 is 2.11 bits per heavy atom. The Bertz CT molecular complexity index is 435. The number of rotatable bonds is 5. The standard InChI is InChI=1S/C12H16ClN3O2/c1-8(2)6-15-10(17)7-16-12(18)9-4-3-5-14-11(9)13/h3-5,8H,6-7H2,1-2H3,(H,15,17)(H,16,18). The van der Waals surface area contributed by atoms with Gasteiger partial charge in [-0.1, -0.05) is 25.4 Å². The van der Waals surface area contributed by atoms with Gasteiger partial charge in [0.15, 0.2) is 0 Å². The summed E-state index contributed by atoms with van der Waals surface area (Å²) in [5, 5.41) is 5.31. The molecule has 2 amide bonds. The Morgan fingerprint density at radius 3 is 2.72 bits per heavy atom. The lowest BCUT2D eigenvalue weighted by Crippen LogP contribution is -2.38. The minimum absolute atomic E-state index is 0.0726. The molecule has 2 N–H and O–H groups in total. The van der Waals surface area contributed by atoms with Gasteiger partial charge in [0.05, 0.1) is 12.1 Å². The van der Waals surface area contributed by atoms with Gasteiger partial charge in [0, 0.05) is 12.7 Å². The van der Waals surface area contributed by atoms with Crippen LogP contribution in [0.4, 0.5) is 0 Å². The van der Waals surface area contributed by atoms with Crippen molar-refractivity contribution in [1.29, 1.82) is 0 Å². The summed E-state index contributed by atoms with van der Waals surface area (Å²) in [6.07, 6.45) is 1.49. The molecular formula is C12H16ClN3O2. The monoisotopic (exact) mass is 269 g/mol. The van der Waals surface area contributed by atoms with Crippen molar-refractivity contribution in [3.8, 4) is 0 Å². The molecule has 1 aromatic rings. The summed E-state index contributed by atoms with van der Waals surface area (Å²) in [5.74, 6) is -0.262. The number of nitrogens with zero attached hydrogens (tertiary/aromatic N) is 1. The number of halogens is 1. The molecule has 0 aromatic carbocycles. The Hall–Kier alpha value is -1.62. The largest absolute Gasteiger partial charge is 0.354 e. The molecule has 0 aliphatic rings. The summed E-state index contributed by atoms with van der Waals surface area (Å²) < 4.78 is 0. The molecule has 6 heteroatoms. The van der Waals surface area contributed by atoms with Gasteiger partial charge in [-0.25, -0.2) is 4.98 Å². The third-order valence-corrected chi connectivity index (χ3v) is 2.42. The van der Waals surface area contributed by atoms with Gasteiger partial charge >= 0.3 is 0 Å². The van der Waals surface area contributed by atoms with E-state index in [1.165, 1.54) is 6.20 Å². The van der Waals surface area contributed by atoms with Crippen LogP contribution in [0.15, 0.2) is 18.3 Å². The molecule has 0 aliphatic carbocycles. The molecule has 0 spiro atoms. The van der Waals surface area contributed by atoms with Crippen LogP contribution < -0.4 is 10.6 Å². The lowest BCUT2D eigenvalue weighted by Gasteiger charge is -2.09. The van der Waals surface area contributed by atoms with Crippen molar-refractivity contribution in [2.24, 2.45) is 5.92 Å². The highest BCUT2D eigenvalue weighted by molar-refractivity contribution is 6.32. The minimum Gasteiger partial charge on any atom is -0.354 e. The van der Waals surface area contributed by atoms with Gasteiger partial charge in [-0.05, 0) is 18.1 Å². The lowest BCUT2D eigenvalue weighted by molar-refractivity contribution is -0.120. The minimum atomic E-state index is -0.409. The van der Waals surface area contributed by atoms with Crippen molar-refractivity contribution in [2.75, 3.05) is 13.1 Å². The number of nitrogens with one attached hydrogen (secondary N) is 2. The summed E-state index contributed by atoms with van der Waals surface area (Å²) >= 11 is 5.76. The highest BCUT2D eigenvalue weighted by atomic mass is 35.5. The van der Waals surface area contributed by atoms with Crippen molar-refractivity contribution in [3.63, 3.8) is 0 Å². The molecule has 0 atom stereocenters. The van der Waals surface area contributed by atoms with E-state index in [9.17, 15) is 9.59 Å². The van der Waals surface area contributed by atoms with Crippen LogP contribution in [0.5, 0.6) is 0 Å². The molecule has 0 unspecified atom stereocenters. The summed E-state index contributed by atoms with van der Waals surface area (Å²) in [6.45, 7) is 4.50. The fraction of sp³-hybridized carbons (Fsp3) is 0.417. The van der Waals surface area contributed by atoms with Crippen LogP contribution >= 0.6 is 11.6 Å². The Balaban J connectivity index is 2.42. The van der Waals surface area contributed by atoms with Gasteiger partial charge < -0.3 is 10.6 Å². The average Bonchev–Trinajstić information content (AvgIpc) is 2.34. The number of aromatic nitrogens is 1. The zero-order valence-electron chi connectivity index (χ0n) is 10.4. The third-order valence-electron chi connectivity index (χ3n) is 2.12. The van der Waals surface area contributed by atoms with Crippen LogP contribution in [0.25, 0.3) is 0 Å². The third kappa shape index (κ3) is 4.71. The van der Waals surface area contributed by atoms with Gasteiger partial charge in [0.1, 0.15) is 5.15 Å². The zero-order valence-corrected chi connectivity index (χ0v) is 11.1. The first kappa shape index (κ1) is 14.4. The van der Waals surface area contributed by atoms with Gasteiger partial charge in [0.2, 0.25) is 5.91 Å². The second kappa shape index (κ2) is 6.96. The SMILES string of the molecule is CC(C)CNC(=O)CNC(=O)c1cccnc1Cl. The number of hydrogen-bond acceptors (Lipinski definition) is 3. The quantitative estimate of drug-likeness (QED) is 0.790. The lowest BCUT2D eigenvalue weighted by atomic mass is 10.2. The van der Waals surface area contributed by atoms with Crippen LogP contribution in [-0.4, -0.2) is 29.9 Å². The van der Waals surface area contributed by atoms with E-state index in [0.29, 0.717) is 12.5 Å². The van der Waals surface area contributed by atoms with Crippen LogP contribution in [0.1, 0.15) is 24.2 Å². The van der Waals surface area contributed by atoms with Crippen LogP contribution in [-0.2, 0) is 4.79 Å².